The van der Waals surface area contributed by atoms with Gasteiger partial charge in [0.1, 0.15) is 22.8 Å². The van der Waals surface area contributed by atoms with Crippen LogP contribution in [0.3, 0.4) is 0 Å². The molecule has 0 N–H and O–H groups in total. The molecule has 4 rings (SSSR count). The molecule has 1 atom stereocenters. The van der Waals surface area contributed by atoms with Crippen molar-refractivity contribution >= 4 is 16.7 Å². The number of fused-ring (bicyclic) bond motifs is 1. The predicted octanol–water partition coefficient (Wildman–Crippen LogP) is 3.67. The highest BCUT2D eigenvalue weighted by molar-refractivity contribution is 5.94. The molecule has 27 heavy (non-hydrogen) atoms. The molecule has 1 aromatic carbocycles. The van der Waals surface area contributed by atoms with Crippen molar-refractivity contribution in [1.29, 1.82) is 0 Å². The summed E-state index contributed by atoms with van der Waals surface area (Å²) >= 11 is 0. The normalized spacial score (nSPS) is 17.3. The Morgan fingerprint density at radius 2 is 2.00 bits per heavy atom. The van der Waals surface area contributed by atoms with Crippen LogP contribution in [0.1, 0.15) is 18.4 Å². The third-order valence-corrected chi connectivity index (χ3v) is 5.38. The average molecular weight is 366 g/mol. The number of nitrogens with zero attached hydrogens (tertiary/aromatic N) is 4. The van der Waals surface area contributed by atoms with Crippen LogP contribution in [0, 0.1) is 12.8 Å². The molecule has 6 heteroatoms. The van der Waals surface area contributed by atoms with Gasteiger partial charge in [-0.2, -0.15) is 0 Å². The number of hydrogen-bond donors (Lipinski definition) is 0. The lowest BCUT2D eigenvalue weighted by molar-refractivity contribution is 0.365. The monoisotopic (exact) mass is 366 g/mol. The minimum atomic E-state index is 0.595. The zero-order valence-corrected chi connectivity index (χ0v) is 16.2. The summed E-state index contributed by atoms with van der Waals surface area (Å²) in [6, 6.07) is 6.04. The Labute approximate surface area is 159 Å². The number of pyridine rings is 1. The number of aromatic nitrogens is 3. The fraction of sp³-hybridized carbons (Fsp3) is 0.429. The first-order chi connectivity index (χ1) is 13.2. The Hall–Kier alpha value is -2.76. The number of piperidine rings is 1. The highest BCUT2D eigenvalue weighted by Crippen LogP contribution is 2.36. The van der Waals surface area contributed by atoms with E-state index < -0.39 is 0 Å². The van der Waals surface area contributed by atoms with Gasteiger partial charge in [-0.1, -0.05) is 0 Å². The van der Waals surface area contributed by atoms with Crippen LogP contribution in [0.2, 0.25) is 0 Å². The van der Waals surface area contributed by atoms with E-state index in [9.17, 15) is 0 Å². The van der Waals surface area contributed by atoms with Gasteiger partial charge in [-0.25, -0.2) is 9.97 Å². The molecule has 1 aliphatic rings. The van der Waals surface area contributed by atoms with Gasteiger partial charge in [-0.15, -0.1) is 0 Å². The van der Waals surface area contributed by atoms with Crippen molar-refractivity contribution in [3.05, 3.63) is 42.5 Å². The molecule has 142 valence electrons. The molecule has 1 saturated heterocycles. The van der Waals surface area contributed by atoms with E-state index in [4.69, 9.17) is 14.5 Å². The van der Waals surface area contributed by atoms with Gasteiger partial charge in [0, 0.05) is 37.4 Å². The van der Waals surface area contributed by atoms with E-state index in [0.717, 1.165) is 53.4 Å². The molecular formula is C21H26N4O2. The van der Waals surface area contributed by atoms with Crippen molar-refractivity contribution in [3.63, 3.8) is 0 Å². The Bertz CT molecular complexity index is 924. The van der Waals surface area contributed by atoms with Crippen LogP contribution in [0.5, 0.6) is 11.5 Å². The molecule has 0 unspecified atom stereocenters. The van der Waals surface area contributed by atoms with E-state index in [1.54, 1.807) is 14.2 Å². The molecule has 0 radical (unpaired) electrons. The minimum absolute atomic E-state index is 0.595. The van der Waals surface area contributed by atoms with E-state index in [1.807, 2.05) is 30.9 Å². The van der Waals surface area contributed by atoms with Crippen LogP contribution in [-0.2, 0) is 6.54 Å². The Morgan fingerprint density at radius 3 is 2.74 bits per heavy atom. The summed E-state index contributed by atoms with van der Waals surface area (Å²) in [6.07, 6.45) is 8.18. The van der Waals surface area contributed by atoms with Gasteiger partial charge in [-0.3, -0.25) is 0 Å². The highest BCUT2D eigenvalue weighted by atomic mass is 16.5. The van der Waals surface area contributed by atoms with E-state index in [2.05, 4.69) is 27.4 Å². The number of hydrogen-bond acceptors (Lipinski definition) is 5. The Kier molecular flexibility index (Phi) is 4.88. The maximum atomic E-state index is 5.57. The SMILES string of the molecule is COc1ccc(OC)c2c(C)cc(N3CCC[C@H](Cn4ccnc4)C3)nc12. The lowest BCUT2D eigenvalue weighted by atomic mass is 9.97. The van der Waals surface area contributed by atoms with Gasteiger partial charge in [0.05, 0.1) is 20.5 Å². The van der Waals surface area contributed by atoms with Crippen molar-refractivity contribution in [3.8, 4) is 11.5 Å². The first kappa shape index (κ1) is 17.6. The first-order valence-electron chi connectivity index (χ1n) is 9.42. The van der Waals surface area contributed by atoms with Gasteiger partial charge in [0.25, 0.3) is 0 Å². The quantitative estimate of drug-likeness (QED) is 0.690. The smallest absolute Gasteiger partial charge is 0.145 e. The molecule has 3 heterocycles. The number of rotatable bonds is 5. The maximum Gasteiger partial charge on any atom is 0.145 e. The fourth-order valence-corrected chi connectivity index (χ4v) is 4.07. The van der Waals surface area contributed by atoms with Crippen molar-refractivity contribution in [2.45, 2.75) is 26.3 Å². The van der Waals surface area contributed by atoms with Crippen LogP contribution in [-0.4, -0.2) is 41.8 Å². The minimum Gasteiger partial charge on any atom is -0.496 e. The number of methoxy groups -OCH3 is 2. The largest absolute Gasteiger partial charge is 0.496 e. The molecule has 2 aromatic heterocycles. The molecule has 1 aliphatic heterocycles. The number of ether oxygens (including phenoxy) is 2. The molecule has 0 amide bonds. The summed E-state index contributed by atoms with van der Waals surface area (Å²) in [4.78, 5) is 11.5. The Balaban J connectivity index is 1.66. The van der Waals surface area contributed by atoms with Crippen LogP contribution < -0.4 is 14.4 Å². The summed E-state index contributed by atoms with van der Waals surface area (Å²) in [5, 5.41) is 1.02. The first-order valence-corrected chi connectivity index (χ1v) is 9.42. The molecule has 3 aromatic rings. The van der Waals surface area contributed by atoms with E-state index in [0.29, 0.717) is 5.92 Å². The molecular weight excluding hydrogens is 340 g/mol. The molecule has 0 saturated carbocycles. The lowest BCUT2D eigenvalue weighted by Gasteiger charge is -2.34. The molecule has 6 nitrogen and oxygen atoms in total. The zero-order valence-electron chi connectivity index (χ0n) is 16.2. The molecule has 0 spiro atoms. The second kappa shape index (κ2) is 7.47. The standard InChI is InChI=1S/C21H26N4O2/c1-15-11-19(23-21-18(27-3)7-6-17(26-2)20(15)21)25-9-4-5-16(13-25)12-24-10-8-22-14-24/h6-8,10-11,14,16H,4-5,9,12-13H2,1-3H3/t16-/m1/s1. The van der Waals surface area contributed by atoms with Crippen LogP contribution in [0.25, 0.3) is 10.9 Å². The van der Waals surface area contributed by atoms with Gasteiger partial charge in [0.15, 0.2) is 0 Å². The van der Waals surface area contributed by atoms with Gasteiger partial charge in [0.2, 0.25) is 0 Å². The van der Waals surface area contributed by atoms with Gasteiger partial charge >= 0.3 is 0 Å². The predicted molar refractivity (Wildman–Crippen MR) is 107 cm³/mol. The molecule has 0 aliphatic carbocycles. The number of benzene rings is 1. The highest BCUT2D eigenvalue weighted by Gasteiger charge is 2.23. The summed E-state index contributed by atoms with van der Waals surface area (Å²) in [6.45, 7) is 5.15. The second-order valence-electron chi connectivity index (χ2n) is 7.20. The molecule has 1 fully saturated rings. The summed E-state index contributed by atoms with van der Waals surface area (Å²) < 4.78 is 13.3. The van der Waals surface area contributed by atoms with Crippen molar-refractivity contribution in [2.24, 2.45) is 5.92 Å². The molecule has 0 bridgehead atoms. The number of imidazole rings is 1. The third-order valence-electron chi connectivity index (χ3n) is 5.38. The maximum absolute atomic E-state index is 5.57. The van der Waals surface area contributed by atoms with Crippen LogP contribution in [0.4, 0.5) is 5.82 Å². The van der Waals surface area contributed by atoms with Crippen LogP contribution in [0.15, 0.2) is 36.9 Å². The topological polar surface area (TPSA) is 52.4 Å². The van der Waals surface area contributed by atoms with E-state index in [-0.39, 0.29) is 0 Å². The zero-order chi connectivity index (χ0) is 18.8. The van der Waals surface area contributed by atoms with Crippen LogP contribution >= 0.6 is 0 Å². The second-order valence-corrected chi connectivity index (χ2v) is 7.20. The fourth-order valence-electron chi connectivity index (χ4n) is 4.07. The van der Waals surface area contributed by atoms with Gasteiger partial charge in [-0.05, 0) is 49.4 Å². The van der Waals surface area contributed by atoms with E-state index >= 15 is 0 Å². The summed E-state index contributed by atoms with van der Waals surface area (Å²) in [5.74, 6) is 3.22. The van der Waals surface area contributed by atoms with Crippen molar-refractivity contribution in [1.82, 2.24) is 14.5 Å². The van der Waals surface area contributed by atoms with E-state index in [1.165, 1.54) is 12.8 Å². The third kappa shape index (κ3) is 3.44. The average Bonchev–Trinajstić information content (AvgIpc) is 3.20. The Morgan fingerprint density at radius 1 is 1.19 bits per heavy atom. The number of anilines is 1. The summed E-state index contributed by atoms with van der Waals surface area (Å²) in [5.41, 5.74) is 2.02. The number of aryl methyl sites for hydroxylation is 1. The summed E-state index contributed by atoms with van der Waals surface area (Å²) in [7, 11) is 3.38. The van der Waals surface area contributed by atoms with Crippen molar-refractivity contribution < 1.29 is 9.47 Å². The van der Waals surface area contributed by atoms with Gasteiger partial charge < -0.3 is 18.9 Å². The lowest BCUT2D eigenvalue weighted by Crippen LogP contribution is -2.37. The van der Waals surface area contributed by atoms with Crippen molar-refractivity contribution in [2.75, 3.05) is 32.2 Å².